The molecule has 0 bridgehead atoms. The highest BCUT2D eigenvalue weighted by Gasteiger charge is 2.12. The van der Waals surface area contributed by atoms with Crippen LogP contribution in [-0.2, 0) is 11.8 Å². The maximum absolute atomic E-state index is 2.31. The molecule has 1 aliphatic rings. The first-order valence-corrected chi connectivity index (χ1v) is 4.16. The fourth-order valence-electron chi connectivity index (χ4n) is 1.16. The molecule has 0 N–H and O–H groups in total. The van der Waals surface area contributed by atoms with Crippen molar-refractivity contribution in [1.29, 1.82) is 0 Å². The van der Waals surface area contributed by atoms with Crippen molar-refractivity contribution >= 4 is 11.8 Å². The van der Waals surface area contributed by atoms with Crippen LogP contribution in [0.15, 0.2) is 22.0 Å². The zero-order valence-corrected chi connectivity index (χ0v) is 7.07. The van der Waals surface area contributed by atoms with Crippen molar-refractivity contribution in [2.75, 3.05) is 0 Å². The topological polar surface area (TPSA) is 0 Å². The van der Waals surface area contributed by atoms with Crippen molar-refractivity contribution in [2.45, 2.75) is 20.8 Å². The average Bonchev–Trinajstić information content (AvgIpc) is 1.59. The maximum atomic E-state index is 2.31. The molecule has 0 unspecified atom stereocenters. The summed E-state index contributed by atoms with van der Waals surface area (Å²) in [4.78, 5) is 2.98. The Morgan fingerprint density at radius 3 is 2.00 bits per heavy atom. The molecule has 0 amide bonds. The molecule has 0 radical (unpaired) electrons. The van der Waals surface area contributed by atoms with E-state index >= 15 is 0 Å². The third-order valence-corrected chi connectivity index (χ3v) is 2.36. The van der Waals surface area contributed by atoms with E-state index < -0.39 is 0 Å². The van der Waals surface area contributed by atoms with Gasteiger partial charge in [-0.15, -0.1) is 0 Å². The predicted molar refractivity (Wildman–Crippen MR) is 45.4 cm³/mol. The molecule has 0 atom stereocenters. The van der Waals surface area contributed by atoms with Gasteiger partial charge in [0.25, 0.3) is 0 Å². The van der Waals surface area contributed by atoms with Gasteiger partial charge in [0.15, 0.2) is 0 Å². The fourth-order valence-corrected chi connectivity index (χ4v) is 2.34. The molecule has 0 fully saturated rings. The molecule has 0 aromatic rings. The smallest absolute Gasteiger partial charge is 0.0551 e. The number of hydrogen-bond donors (Lipinski definition) is 0. The van der Waals surface area contributed by atoms with Crippen molar-refractivity contribution in [2.24, 2.45) is 5.92 Å². The van der Waals surface area contributed by atoms with E-state index in [1.54, 1.807) is 0 Å². The SMILES string of the molecule is CC1=CC(C)C=C(C)[SH+]1. The van der Waals surface area contributed by atoms with Crippen LogP contribution in [0.1, 0.15) is 20.8 Å². The molecule has 50 valence electrons. The van der Waals surface area contributed by atoms with Crippen LogP contribution in [0.2, 0.25) is 0 Å². The quantitative estimate of drug-likeness (QED) is 0.358. The number of allylic oxidation sites excluding steroid dienone is 4. The van der Waals surface area contributed by atoms with Crippen LogP contribution in [0, 0.1) is 5.92 Å². The van der Waals surface area contributed by atoms with Gasteiger partial charge in [-0.1, -0.05) is 6.92 Å². The van der Waals surface area contributed by atoms with E-state index in [0.29, 0.717) is 5.92 Å². The Balaban J connectivity index is 2.69. The second kappa shape index (κ2) is 2.61. The van der Waals surface area contributed by atoms with Crippen LogP contribution >= 0.6 is 0 Å². The van der Waals surface area contributed by atoms with E-state index in [2.05, 4.69) is 32.9 Å². The summed E-state index contributed by atoms with van der Waals surface area (Å²) in [6.45, 7) is 6.60. The zero-order chi connectivity index (χ0) is 6.85. The Morgan fingerprint density at radius 1 is 1.22 bits per heavy atom. The average molecular weight is 141 g/mol. The Kier molecular flexibility index (Phi) is 2.01. The molecule has 0 spiro atoms. The standard InChI is InChI=1S/C8H12S/c1-6-4-7(2)9-8(3)5-6/h4-6H,1-3H3/p+1. The Bertz CT molecular complexity index is 147. The summed E-state index contributed by atoms with van der Waals surface area (Å²) in [5.74, 6) is 0.659. The van der Waals surface area contributed by atoms with Gasteiger partial charge in [0, 0.05) is 31.5 Å². The van der Waals surface area contributed by atoms with Crippen LogP contribution in [0.5, 0.6) is 0 Å². The van der Waals surface area contributed by atoms with Crippen molar-refractivity contribution in [1.82, 2.24) is 0 Å². The highest BCUT2D eigenvalue weighted by atomic mass is 32.2. The largest absolute Gasteiger partial charge is 0.128 e. The summed E-state index contributed by atoms with van der Waals surface area (Å²) in [7, 11) is 0. The molecule has 1 rings (SSSR count). The monoisotopic (exact) mass is 141 g/mol. The lowest BCUT2D eigenvalue weighted by Crippen LogP contribution is -1.97. The first-order valence-electron chi connectivity index (χ1n) is 3.27. The van der Waals surface area contributed by atoms with Gasteiger partial charge in [0.1, 0.15) is 9.81 Å². The first-order chi connectivity index (χ1) is 4.18. The van der Waals surface area contributed by atoms with Gasteiger partial charge in [0.2, 0.25) is 0 Å². The van der Waals surface area contributed by atoms with Crippen LogP contribution in [0.4, 0.5) is 0 Å². The Labute approximate surface area is 61.0 Å². The van der Waals surface area contributed by atoms with Crippen LogP contribution in [-0.4, -0.2) is 0 Å². The molecule has 0 saturated carbocycles. The Hall–Kier alpha value is -0.170. The molecule has 1 aliphatic heterocycles. The molecule has 9 heavy (non-hydrogen) atoms. The lowest BCUT2D eigenvalue weighted by atomic mass is 10.1. The number of hydrogen-bond acceptors (Lipinski definition) is 0. The molecule has 1 heteroatoms. The van der Waals surface area contributed by atoms with Crippen LogP contribution in [0.3, 0.4) is 0 Å². The van der Waals surface area contributed by atoms with Crippen molar-refractivity contribution in [3.05, 3.63) is 22.0 Å². The molecular weight excluding hydrogens is 128 g/mol. The molecule has 0 aromatic heterocycles. The maximum Gasteiger partial charge on any atom is 0.128 e. The second-order valence-corrected chi connectivity index (χ2v) is 4.22. The van der Waals surface area contributed by atoms with Gasteiger partial charge in [-0.3, -0.25) is 0 Å². The lowest BCUT2D eigenvalue weighted by molar-refractivity contribution is 0.925. The van der Waals surface area contributed by atoms with Gasteiger partial charge >= 0.3 is 0 Å². The van der Waals surface area contributed by atoms with E-state index in [4.69, 9.17) is 0 Å². The van der Waals surface area contributed by atoms with Crippen LogP contribution in [0.25, 0.3) is 0 Å². The molecule has 0 aliphatic carbocycles. The first kappa shape index (κ1) is 6.94. The summed E-state index contributed by atoms with van der Waals surface area (Å²) in [6.07, 6.45) is 4.63. The van der Waals surface area contributed by atoms with Crippen molar-refractivity contribution < 1.29 is 0 Å². The third kappa shape index (κ3) is 1.90. The normalized spacial score (nSPS) is 21.2. The second-order valence-electron chi connectivity index (χ2n) is 2.59. The van der Waals surface area contributed by atoms with Crippen LogP contribution < -0.4 is 0 Å². The van der Waals surface area contributed by atoms with Crippen molar-refractivity contribution in [3.63, 3.8) is 0 Å². The third-order valence-electron chi connectivity index (χ3n) is 1.36. The fraction of sp³-hybridized carbons (Fsp3) is 0.500. The summed E-state index contributed by atoms with van der Waals surface area (Å²) in [5.41, 5.74) is 0. The summed E-state index contributed by atoms with van der Waals surface area (Å²) < 4.78 is 0. The van der Waals surface area contributed by atoms with Gasteiger partial charge < -0.3 is 0 Å². The molecule has 0 nitrogen and oxygen atoms in total. The minimum absolute atomic E-state index is 0.659. The van der Waals surface area contributed by atoms with Gasteiger partial charge in [-0.25, -0.2) is 0 Å². The number of rotatable bonds is 0. The van der Waals surface area contributed by atoms with Gasteiger partial charge in [-0.05, 0) is 12.2 Å². The molecular formula is C8H13S+. The van der Waals surface area contributed by atoms with Gasteiger partial charge in [0.05, 0.1) is 0 Å². The molecule has 0 aromatic carbocycles. The zero-order valence-electron chi connectivity index (χ0n) is 6.18. The predicted octanol–water partition coefficient (Wildman–Crippen LogP) is 2.26. The number of thiol groups is 1. The van der Waals surface area contributed by atoms with Gasteiger partial charge in [-0.2, -0.15) is 0 Å². The summed E-state index contributed by atoms with van der Waals surface area (Å²) >= 11 is 1.41. The lowest BCUT2D eigenvalue weighted by Gasteiger charge is -2.03. The molecule has 0 saturated heterocycles. The summed E-state index contributed by atoms with van der Waals surface area (Å²) in [5, 5.41) is 0. The van der Waals surface area contributed by atoms with E-state index in [1.807, 2.05) is 0 Å². The highest BCUT2D eigenvalue weighted by molar-refractivity contribution is 7.86. The van der Waals surface area contributed by atoms with E-state index in [-0.39, 0.29) is 0 Å². The van der Waals surface area contributed by atoms with Crippen molar-refractivity contribution in [3.8, 4) is 0 Å². The summed E-state index contributed by atoms with van der Waals surface area (Å²) in [6, 6.07) is 0. The highest BCUT2D eigenvalue weighted by Crippen LogP contribution is 2.18. The van der Waals surface area contributed by atoms with E-state index in [0.717, 1.165) is 0 Å². The minimum Gasteiger partial charge on any atom is -0.0551 e. The van der Waals surface area contributed by atoms with E-state index in [1.165, 1.54) is 21.6 Å². The Morgan fingerprint density at radius 2 is 1.67 bits per heavy atom. The minimum atomic E-state index is 0.659. The van der Waals surface area contributed by atoms with E-state index in [9.17, 15) is 0 Å². The molecule has 1 heterocycles.